The van der Waals surface area contributed by atoms with Crippen LogP contribution in [0.15, 0.2) is 42.5 Å². The standard InChI is InChI=1S/C21H23NO6/c1-25-15-8-7-14(19(12-15)26-2)11-21(24)28-13-20(23)22-17-9-10-27-18-6-4-3-5-16(17)18/h3-8,12,17H,9-11,13H2,1-2H3,(H,22,23). The molecule has 0 aromatic heterocycles. The minimum atomic E-state index is -0.508. The number of carbonyl (C=O) groups excluding carboxylic acids is 2. The van der Waals surface area contributed by atoms with Gasteiger partial charge in [0.2, 0.25) is 0 Å². The lowest BCUT2D eigenvalue weighted by Crippen LogP contribution is -2.35. The summed E-state index contributed by atoms with van der Waals surface area (Å²) in [5, 5.41) is 2.89. The van der Waals surface area contributed by atoms with Crippen LogP contribution in [0.3, 0.4) is 0 Å². The van der Waals surface area contributed by atoms with Crippen LogP contribution in [-0.2, 0) is 20.7 Å². The first-order chi connectivity index (χ1) is 13.6. The fourth-order valence-electron chi connectivity index (χ4n) is 3.08. The van der Waals surface area contributed by atoms with E-state index in [0.29, 0.717) is 30.1 Å². The van der Waals surface area contributed by atoms with Gasteiger partial charge in [-0.05, 0) is 12.1 Å². The number of amides is 1. The van der Waals surface area contributed by atoms with E-state index in [2.05, 4.69) is 5.32 Å². The molecule has 0 spiro atoms. The maximum atomic E-state index is 12.2. The first-order valence-corrected chi connectivity index (χ1v) is 8.98. The van der Waals surface area contributed by atoms with Gasteiger partial charge in [0.15, 0.2) is 6.61 Å². The molecule has 2 aromatic rings. The fourth-order valence-corrected chi connectivity index (χ4v) is 3.08. The van der Waals surface area contributed by atoms with Gasteiger partial charge < -0.3 is 24.3 Å². The van der Waals surface area contributed by atoms with Crippen LogP contribution in [0.1, 0.15) is 23.6 Å². The number of esters is 1. The van der Waals surface area contributed by atoms with Crippen molar-refractivity contribution >= 4 is 11.9 Å². The molecule has 1 N–H and O–H groups in total. The Morgan fingerprint density at radius 2 is 1.96 bits per heavy atom. The molecule has 0 bridgehead atoms. The number of ether oxygens (including phenoxy) is 4. The van der Waals surface area contributed by atoms with Gasteiger partial charge in [-0.3, -0.25) is 9.59 Å². The average Bonchev–Trinajstić information content (AvgIpc) is 2.73. The third-order valence-electron chi connectivity index (χ3n) is 4.49. The Labute approximate surface area is 163 Å². The van der Waals surface area contributed by atoms with Gasteiger partial charge in [0.05, 0.1) is 33.3 Å². The maximum absolute atomic E-state index is 12.2. The molecule has 1 heterocycles. The van der Waals surface area contributed by atoms with Crippen LogP contribution in [0.5, 0.6) is 17.2 Å². The summed E-state index contributed by atoms with van der Waals surface area (Å²) < 4.78 is 21.1. The molecule has 1 unspecified atom stereocenters. The van der Waals surface area contributed by atoms with Crippen LogP contribution in [0.2, 0.25) is 0 Å². The predicted octanol–water partition coefficient (Wildman–Crippen LogP) is 2.43. The molecular formula is C21H23NO6. The van der Waals surface area contributed by atoms with E-state index in [4.69, 9.17) is 18.9 Å². The topological polar surface area (TPSA) is 83.1 Å². The second-order valence-electron chi connectivity index (χ2n) is 6.31. The van der Waals surface area contributed by atoms with Gasteiger partial charge in [-0.25, -0.2) is 0 Å². The van der Waals surface area contributed by atoms with Gasteiger partial charge in [-0.15, -0.1) is 0 Å². The van der Waals surface area contributed by atoms with Crippen molar-refractivity contribution in [3.63, 3.8) is 0 Å². The Morgan fingerprint density at radius 1 is 1.14 bits per heavy atom. The zero-order valence-corrected chi connectivity index (χ0v) is 15.9. The van der Waals surface area contributed by atoms with Crippen LogP contribution in [0.25, 0.3) is 0 Å². The van der Waals surface area contributed by atoms with E-state index < -0.39 is 5.97 Å². The molecule has 7 nitrogen and oxygen atoms in total. The van der Waals surface area contributed by atoms with Crippen LogP contribution >= 0.6 is 0 Å². The number of benzene rings is 2. The molecule has 1 aliphatic rings. The number of methoxy groups -OCH3 is 2. The minimum absolute atomic E-state index is 0.000545. The van der Waals surface area contributed by atoms with Gasteiger partial charge in [0, 0.05) is 23.6 Å². The molecule has 1 atom stereocenters. The Balaban J connectivity index is 1.52. The minimum Gasteiger partial charge on any atom is -0.497 e. The normalized spacial score (nSPS) is 15.0. The van der Waals surface area contributed by atoms with E-state index in [0.717, 1.165) is 11.3 Å². The number of fused-ring (bicyclic) bond motifs is 1. The van der Waals surface area contributed by atoms with Crippen LogP contribution in [-0.4, -0.2) is 39.3 Å². The molecule has 0 saturated carbocycles. The Kier molecular flexibility index (Phi) is 6.37. The summed E-state index contributed by atoms with van der Waals surface area (Å²) in [4.78, 5) is 24.3. The first kappa shape index (κ1) is 19.5. The van der Waals surface area contributed by atoms with Gasteiger partial charge in [0.25, 0.3) is 5.91 Å². The van der Waals surface area contributed by atoms with Gasteiger partial charge >= 0.3 is 5.97 Å². The summed E-state index contributed by atoms with van der Waals surface area (Å²) in [5.41, 5.74) is 1.59. The average molecular weight is 385 g/mol. The van der Waals surface area contributed by atoms with Crippen molar-refractivity contribution in [3.8, 4) is 17.2 Å². The molecular weight excluding hydrogens is 362 g/mol. The summed E-state index contributed by atoms with van der Waals surface area (Å²) in [7, 11) is 3.07. The van der Waals surface area contributed by atoms with Crippen LogP contribution in [0, 0.1) is 0 Å². The molecule has 148 valence electrons. The van der Waals surface area contributed by atoms with Crippen molar-refractivity contribution in [3.05, 3.63) is 53.6 Å². The molecule has 0 fully saturated rings. The van der Waals surface area contributed by atoms with E-state index in [1.54, 1.807) is 25.3 Å². The molecule has 0 radical (unpaired) electrons. The number of carbonyl (C=O) groups is 2. The smallest absolute Gasteiger partial charge is 0.310 e. The van der Waals surface area contributed by atoms with Crippen molar-refractivity contribution < 1.29 is 28.5 Å². The Hall–Kier alpha value is -3.22. The molecule has 3 rings (SSSR count). The number of nitrogens with one attached hydrogen (secondary N) is 1. The largest absolute Gasteiger partial charge is 0.497 e. The third kappa shape index (κ3) is 4.73. The molecule has 7 heteroatoms. The maximum Gasteiger partial charge on any atom is 0.310 e. The number of rotatable bonds is 7. The summed E-state index contributed by atoms with van der Waals surface area (Å²) in [6.07, 6.45) is 0.667. The van der Waals surface area contributed by atoms with Crippen molar-refractivity contribution in [2.45, 2.75) is 18.9 Å². The van der Waals surface area contributed by atoms with Crippen molar-refractivity contribution in [1.82, 2.24) is 5.32 Å². The lowest BCUT2D eigenvalue weighted by atomic mass is 10.0. The van der Waals surface area contributed by atoms with Crippen molar-refractivity contribution in [1.29, 1.82) is 0 Å². The van der Waals surface area contributed by atoms with Gasteiger partial charge in [0.1, 0.15) is 17.2 Å². The molecule has 28 heavy (non-hydrogen) atoms. The molecule has 1 aliphatic heterocycles. The quantitative estimate of drug-likeness (QED) is 0.737. The molecule has 1 amide bonds. The number of hydrogen-bond donors (Lipinski definition) is 1. The predicted molar refractivity (Wildman–Crippen MR) is 102 cm³/mol. The van der Waals surface area contributed by atoms with E-state index in [9.17, 15) is 9.59 Å². The monoisotopic (exact) mass is 385 g/mol. The second kappa shape index (κ2) is 9.12. The van der Waals surface area contributed by atoms with Crippen molar-refractivity contribution in [2.75, 3.05) is 27.4 Å². The lowest BCUT2D eigenvalue weighted by molar-refractivity contribution is -0.148. The van der Waals surface area contributed by atoms with Crippen molar-refractivity contribution in [2.24, 2.45) is 0 Å². The van der Waals surface area contributed by atoms with E-state index in [-0.39, 0.29) is 25.0 Å². The van der Waals surface area contributed by atoms with Crippen LogP contribution < -0.4 is 19.5 Å². The van der Waals surface area contributed by atoms with Gasteiger partial charge in [-0.2, -0.15) is 0 Å². The Bertz CT molecular complexity index is 851. The Morgan fingerprint density at radius 3 is 2.75 bits per heavy atom. The molecule has 2 aromatic carbocycles. The van der Waals surface area contributed by atoms with E-state index >= 15 is 0 Å². The summed E-state index contributed by atoms with van der Waals surface area (Å²) in [5.74, 6) is 1.06. The third-order valence-corrected chi connectivity index (χ3v) is 4.49. The SMILES string of the molecule is COc1ccc(CC(=O)OCC(=O)NC2CCOc3ccccc32)c(OC)c1. The summed E-state index contributed by atoms with van der Waals surface area (Å²) in [6, 6.07) is 12.6. The highest BCUT2D eigenvalue weighted by molar-refractivity contribution is 5.82. The summed E-state index contributed by atoms with van der Waals surface area (Å²) >= 11 is 0. The molecule has 0 aliphatic carbocycles. The van der Waals surface area contributed by atoms with Gasteiger partial charge in [-0.1, -0.05) is 24.3 Å². The zero-order valence-electron chi connectivity index (χ0n) is 15.9. The molecule has 0 saturated heterocycles. The second-order valence-corrected chi connectivity index (χ2v) is 6.31. The highest BCUT2D eigenvalue weighted by Crippen LogP contribution is 2.31. The van der Waals surface area contributed by atoms with Crippen LogP contribution in [0.4, 0.5) is 0 Å². The summed E-state index contributed by atoms with van der Waals surface area (Å²) in [6.45, 7) is 0.190. The lowest BCUT2D eigenvalue weighted by Gasteiger charge is -2.26. The highest BCUT2D eigenvalue weighted by atomic mass is 16.5. The first-order valence-electron chi connectivity index (χ1n) is 8.98. The van der Waals surface area contributed by atoms with E-state index in [1.807, 2.05) is 24.3 Å². The fraction of sp³-hybridized carbons (Fsp3) is 0.333. The zero-order chi connectivity index (χ0) is 19.9. The van der Waals surface area contributed by atoms with E-state index in [1.165, 1.54) is 7.11 Å². The number of para-hydroxylation sites is 1. The number of hydrogen-bond acceptors (Lipinski definition) is 6. The highest BCUT2D eigenvalue weighted by Gasteiger charge is 2.23.